The molecule has 2 aromatic heterocycles. The fourth-order valence-corrected chi connectivity index (χ4v) is 2.93. The maximum atomic E-state index is 12.4. The number of rotatable bonds is 4. The largest absolute Gasteiger partial charge is 0.343 e. The van der Waals surface area contributed by atoms with Gasteiger partial charge in [0.2, 0.25) is 0 Å². The third-order valence-electron chi connectivity index (χ3n) is 3.35. The molecule has 1 amide bonds. The Morgan fingerprint density at radius 1 is 1.43 bits per heavy atom. The van der Waals surface area contributed by atoms with E-state index in [1.165, 1.54) is 11.3 Å². The molecular formula is C14H18N4O2S. The van der Waals surface area contributed by atoms with Crippen LogP contribution in [-0.2, 0) is 0 Å². The molecule has 6 nitrogen and oxygen atoms in total. The number of carbonyl (C=O) groups excluding carboxylic acids is 1. The topological polar surface area (TPSA) is 87.7 Å². The number of thiazole rings is 1. The van der Waals surface area contributed by atoms with Crippen molar-refractivity contribution in [1.29, 1.82) is 0 Å². The average Bonchev–Trinajstić information content (AvgIpc) is 2.87. The average molecular weight is 306 g/mol. The first kappa shape index (κ1) is 15.4. The van der Waals surface area contributed by atoms with Gasteiger partial charge in [0.05, 0.1) is 11.7 Å². The van der Waals surface area contributed by atoms with Gasteiger partial charge in [0.1, 0.15) is 10.6 Å². The Balaban J connectivity index is 2.29. The summed E-state index contributed by atoms with van der Waals surface area (Å²) in [5.41, 5.74) is 1.81. The van der Waals surface area contributed by atoms with E-state index in [0.717, 1.165) is 10.7 Å². The lowest BCUT2D eigenvalue weighted by molar-refractivity contribution is 0.0933. The molecule has 0 aliphatic carbocycles. The third kappa shape index (κ3) is 3.18. The first-order valence-corrected chi connectivity index (χ1v) is 7.60. The molecule has 0 saturated carbocycles. The lowest BCUT2D eigenvalue weighted by atomic mass is 10.1. The molecule has 2 N–H and O–H groups in total. The van der Waals surface area contributed by atoms with Gasteiger partial charge in [-0.25, -0.2) is 10.1 Å². The minimum absolute atomic E-state index is 0.120. The molecule has 0 bridgehead atoms. The zero-order valence-electron chi connectivity index (χ0n) is 12.5. The number of nitrogens with one attached hydrogen (secondary N) is 2. The highest BCUT2D eigenvalue weighted by molar-refractivity contribution is 7.09. The van der Waals surface area contributed by atoms with Crippen LogP contribution < -0.4 is 10.9 Å². The molecule has 0 aromatic carbocycles. The van der Waals surface area contributed by atoms with Crippen molar-refractivity contribution in [2.24, 2.45) is 0 Å². The molecule has 2 rings (SSSR count). The molecule has 0 aliphatic heterocycles. The third-order valence-corrected chi connectivity index (χ3v) is 4.42. The minimum atomic E-state index is -0.472. The molecule has 0 aliphatic rings. The highest BCUT2D eigenvalue weighted by Gasteiger charge is 2.21. The van der Waals surface area contributed by atoms with E-state index in [1.54, 1.807) is 13.8 Å². The summed E-state index contributed by atoms with van der Waals surface area (Å²) in [6.07, 6.45) is 0.708. The van der Waals surface area contributed by atoms with Crippen LogP contribution in [0.5, 0.6) is 0 Å². The zero-order valence-corrected chi connectivity index (χ0v) is 13.3. The van der Waals surface area contributed by atoms with Crippen LogP contribution in [0, 0.1) is 20.8 Å². The van der Waals surface area contributed by atoms with Gasteiger partial charge in [-0.1, -0.05) is 6.92 Å². The number of aromatic nitrogens is 3. The van der Waals surface area contributed by atoms with E-state index in [0.29, 0.717) is 17.7 Å². The van der Waals surface area contributed by atoms with Gasteiger partial charge < -0.3 is 5.32 Å². The Morgan fingerprint density at radius 2 is 2.14 bits per heavy atom. The smallest absolute Gasteiger partial charge is 0.277 e. The Hall–Kier alpha value is -2.02. The fraction of sp³-hybridized carbons (Fsp3) is 0.429. The molecule has 7 heteroatoms. The Morgan fingerprint density at radius 3 is 2.71 bits per heavy atom. The van der Waals surface area contributed by atoms with Crippen LogP contribution in [-0.4, -0.2) is 21.1 Å². The van der Waals surface area contributed by atoms with Gasteiger partial charge in [-0.2, -0.15) is 5.10 Å². The summed E-state index contributed by atoms with van der Waals surface area (Å²) in [6.45, 7) is 7.36. The number of aryl methyl sites for hydroxylation is 2. The highest BCUT2D eigenvalue weighted by Crippen LogP contribution is 2.21. The number of nitrogens with zero attached hydrogens (tertiary/aromatic N) is 2. The molecule has 1 unspecified atom stereocenters. The van der Waals surface area contributed by atoms with Crippen LogP contribution >= 0.6 is 11.3 Å². The molecular weight excluding hydrogens is 288 g/mol. The number of amides is 1. The number of aromatic amines is 1. The highest BCUT2D eigenvalue weighted by atomic mass is 32.1. The van der Waals surface area contributed by atoms with E-state index in [-0.39, 0.29) is 17.5 Å². The van der Waals surface area contributed by atoms with E-state index in [9.17, 15) is 9.59 Å². The van der Waals surface area contributed by atoms with E-state index >= 15 is 0 Å². The van der Waals surface area contributed by atoms with Crippen molar-refractivity contribution in [2.45, 2.75) is 40.2 Å². The molecule has 112 valence electrons. The molecule has 0 spiro atoms. The summed E-state index contributed by atoms with van der Waals surface area (Å²) in [7, 11) is 0. The van der Waals surface area contributed by atoms with Crippen molar-refractivity contribution >= 4 is 17.2 Å². The summed E-state index contributed by atoms with van der Waals surface area (Å²) in [5.74, 6) is -0.390. The monoisotopic (exact) mass is 306 g/mol. The zero-order chi connectivity index (χ0) is 15.6. The molecule has 2 aromatic rings. The van der Waals surface area contributed by atoms with Crippen LogP contribution in [0.1, 0.15) is 51.7 Å². The quantitative estimate of drug-likeness (QED) is 0.904. The van der Waals surface area contributed by atoms with Crippen molar-refractivity contribution in [1.82, 2.24) is 20.5 Å². The molecule has 0 radical (unpaired) electrons. The Bertz CT molecular complexity index is 720. The predicted molar refractivity (Wildman–Crippen MR) is 81.7 cm³/mol. The van der Waals surface area contributed by atoms with Crippen molar-refractivity contribution in [3.05, 3.63) is 43.3 Å². The number of H-pyrrole nitrogens is 1. The molecule has 2 heterocycles. The second-order valence-electron chi connectivity index (χ2n) is 4.90. The van der Waals surface area contributed by atoms with Crippen LogP contribution in [0.4, 0.5) is 0 Å². The van der Waals surface area contributed by atoms with Gasteiger partial charge in [0, 0.05) is 11.1 Å². The molecule has 0 saturated heterocycles. The standard InChI is InChI=1S/C14H18N4O2S/c1-5-10(14-15-7(2)6-21-14)16-12(19)11-8(3)9(4)17-18-13(11)20/h6,10H,5H2,1-4H3,(H,16,19)(H,18,20). The Kier molecular flexibility index (Phi) is 4.52. The maximum absolute atomic E-state index is 12.4. The summed E-state index contributed by atoms with van der Waals surface area (Å²) in [6, 6.07) is -0.191. The van der Waals surface area contributed by atoms with Crippen LogP contribution in [0.3, 0.4) is 0 Å². The molecule has 0 fully saturated rings. The second kappa shape index (κ2) is 6.17. The lowest BCUT2D eigenvalue weighted by Crippen LogP contribution is -2.34. The van der Waals surface area contributed by atoms with E-state index in [1.807, 2.05) is 19.2 Å². The van der Waals surface area contributed by atoms with Crippen molar-refractivity contribution in [3.8, 4) is 0 Å². The first-order chi connectivity index (χ1) is 9.93. The Labute approximate surface area is 126 Å². The van der Waals surface area contributed by atoms with Gasteiger partial charge in [0.15, 0.2) is 0 Å². The van der Waals surface area contributed by atoms with Gasteiger partial charge in [-0.05, 0) is 32.8 Å². The van der Waals surface area contributed by atoms with E-state index in [2.05, 4.69) is 20.5 Å². The first-order valence-electron chi connectivity index (χ1n) is 6.72. The van der Waals surface area contributed by atoms with Gasteiger partial charge in [-0.15, -0.1) is 11.3 Å². The second-order valence-corrected chi connectivity index (χ2v) is 5.79. The number of hydrogen-bond donors (Lipinski definition) is 2. The molecule has 21 heavy (non-hydrogen) atoms. The van der Waals surface area contributed by atoms with E-state index in [4.69, 9.17) is 0 Å². The van der Waals surface area contributed by atoms with Gasteiger partial charge in [-0.3, -0.25) is 9.59 Å². The number of carbonyl (C=O) groups is 1. The maximum Gasteiger partial charge on any atom is 0.277 e. The summed E-state index contributed by atoms with van der Waals surface area (Å²) in [5, 5.41) is 11.9. The summed E-state index contributed by atoms with van der Waals surface area (Å²) < 4.78 is 0. The minimum Gasteiger partial charge on any atom is -0.343 e. The van der Waals surface area contributed by atoms with E-state index < -0.39 is 5.56 Å². The predicted octanol–water partition coefficient (Wildman–Crippen LogP) is 2.03. The van der Waals surface area contributed by atoms with Crippen molar-refractivity contribution in [2.75, 3.05) is 0 Å². The fourth-order valence-electron chi connectivity index (χ4n) is 2.00. The SMILES string of the molecule is CCC(NC(=O)c1c(C)c(C)n[nH]c1=O)c1nc(C)cs1. The molecule has 1 atom stereocenters. The van der Waals surface area contributed by atoms with Gasteiger partial charge >= 0.3 is 0 Å². The van der Waals surface area contributed by atoms with Crippen molar-refractivity contribution < 1.29 is 4.79 Å². The van der Waals surface area contributed by atoms with Crippen LogP contribution in [0.25, 0.3) is 0 Å². The van der Waals surface area contributed by atoms with Gasteiger partial charge in [0.25, 0.3) is 11.5 Å². The van der Waals surface area contributed by atoms with Crippen molar-refractivity contribution in [3.63, 3.8) is 0 Å². The van der Waals surface area contributed by atoms with Crippen LogP contribution in [0.2, 0.25) is 0 Å². The number of hydrogen-bond acceptors (Lipinski definition) is 5. The summed E-state index contributed by atoms with van der Waals surface area (Å²) in [4.78, 5) is 28.7. The normalized spacial score (nSPS) is 12.2. The van der Waals surface area contributed by atoms with Crippen LogP contribution in [0.15, 0.2) is 10.2 Å². The lowest BCUT2D eigenvalue weighted by Gasteiger charge is -2.15. The summed E-state index contributed by atoms with van der Waals surface area (Å²) >= 11 is 1.51.